The van der Waals surface area contributed by atoms with Gasteiger partial charge in [-0.05, 0) is 20.0 Å². The van der Waals surface area contributed by atoms with E-state index in [1.165, 1.54) is 51.5 Å². The van der Waals surface area contributed by atoms with Crippen molar-refractivity contribution in [2.24, 2.45) is 0 Å². The average molecular weight is 170 g/mol. The van der Waals surface area contributed by atoms with E-state index in [-0.39, 0.29) is 0 Å². The first-order valence-corrected chi connectivity index (χ1v) is 5.35. The summed E-state index contributed by atoms with van der Waals surface area (Å²) < 4.78 is 0. The summed E-state index contributed by atoms with van der Waals surface area (Å²) in [5.74, 6) is 0. The summed E-state index contributed by atoms with van der Waals surface area (Å²) >= 11 is 0. The average Bonchev–Trinajstić information content (AvgIpc) is 2.10. The molecule has 12 heavy (non-hydrogen) atoms. The highest BCUT2D eigenvalue weighted by Crippen LogP contribution is 2.07. The van der Waals surface area contributed by atoms with Crippen molar-refractivity contribution in [1.29, 1.82) is 0 Å². The first-order chi connectivity index (χ1) is 5.91. The van der Waals surface area contributed by atoms with Gasteiger partial charge in [0, 0.05) is 0 Å². The maximum atomic E-state index is 3.84. The molecule has 0 saturated heterocycles. The molecule has 0 aliphatic rings. The van der Waals surface area contributed by atoms with Crippen LogP contribution < -0.4 is 5.32 Å². The van der Waals surface area contributed by atoms with Gasteiger partial charge in [0.25, 0.3) is 0 Å². The molecule has 1 radical (unpaired) electrons. The van der Waals surface area contributed by atoms with E-state index in [2.05, 4.69) is 12.2 Å². The Kier molecular flexibility index (Phi) is 10.9. The summed E-state index contributed by atoms with van der Waals surface area (Å²) in [5, 5.41) is 3.17. The molecule has 0 amide bonds. The number of rotatable bonds is 9. The van der Waals surface area contributed by atoms with Crippen molar-refractivity contribution in [2.45, 2.75) is 51.4 Å². The first-order valence-electron chi connectivity index (χ1n) is 5.35. The van der Waals surface area contributed by atoms with E-state index in [1.807, 2.05) is 7.05 Å². The van der Waals surface area contributed by atoms with Gasteiger partial charge in [0.2, 0.25) is 0 Å². The lowest BCUT2D eigenvalue weighted by Crippen LogP contribution is -2.06. The molecule has 1 nitrogen and oxygen atoms in total. The van der Waals surface area contributed by atoms with E-state index >= 15 is 0 Å². The van der Waals surface area contributed by atoms with Gasteiger partial charge in [0.1, 0.15) is 0 Å². The quantitative estimate of drug-likeness (QED) is 0.524. The third-order valence-corrected chi connectivity index (χ3v) is 2.18. The van der Waals surface area contributed by atoms with Crippen molar-refractivity contribution in [1.82, 2.24) is 5.32 Å². The van der Waals surface area contributed by atoms with Gasteiger partial charge in [-0.15, -0.1) is 0 Å². The molecule has 0 bridgehead atoms. The monoisotopic (exact) mass is 170 g/mol. The molecule has 0 aromatic heterocycles. The molecule has 0 aromatic rings. The zero-order valence-electron chi connectivity index (χ0n) is 8.57. The largest absolute Gasteiger partial charge is 0.320 e. The molecule has 1 heteroatoms. The van der Waals surface area contributed by atoms with Crippen molar-refractivity contribution in [2.75, 3.05) is 13.6 Å². The van der Waals surface area contributed by atoms with Gasteiger partial charge in [0.15, 0.2) is 0 Å². The number of nitrogens with one attached hydrogen (secondary N) is 1. The predicted molar refractivity (Wildman–Crippen MR) is 56.2 cm³/mol. The minimum absolute atomic E-state index is 1.11. The van der Waals surface area contributed by atoms with E-state index in [0.717, 1.165) is 6.42 Å². The molecule has 0 fully saturated rings. The Bertz CT molecular complexity index is 61.4. The van der Waals surface area contributed by atoms with Crippen LogP contribution in [0.1, 0.15) is 51.4 Å². The van der Waals surface area contributed by atoms with Gasteiger partial charge in [-0.25, -0.2) is 0 Å². The zero-order valence-corrected chi connectivity index (χ0v) is 8.57. The second kappa shape index (κ2) is 11.0. The molecule has 0 saturated carbocycles. The Balaban J connectivity index is 2.73. The Morgan fingerprint density at radius 3 is 1.83 bits per heavy atom. The fourth-order valence-electron chi connectivity index (χ4n) is 1.36. The standard InChI is InChI=1S/C11H24N/c1-3-4-5-6-7-8-9-10-11-12-2/h12H,1,3-11H2,2H3. The van der Waals surface area contributed by atoms with Gasteiger partial charge in [-0.2, -0.15) is 0 Å². The predicted octanol–water partition coefficient (Wildman–Crippen LogP) is 3.16. The highest BCUT2D eigenvalue weighted by Gasteiger charge is 1.89. The highest BCUT2D eigenvalue weighted by molar-refractivity contribution is 4.48. The second-order valence-electron chi connectivity index (χ2n) is 3.43. The minimum atomic E-state index is 1.11. The first kappa shape index (κ1) is 12.0. The molecule has 0 aromatic carbocycles. The molecular formula is C11H24N. The van der Waals surface area contributed by atoms with Crippen molar-refractivity contribution < 1.29 is 0 Å². The van der Waals surface area contributed by atoms with Gasteiger partial charge < -0.3 is 5.32 Å². The number of hydrogen-bond donors (Lipinski definition) is 1. The van der Waals surface area contributed by atoms with Crippen LogP contribution in [0.15, 0.2) is 0 Å². The van der Waals surface area contributed by atoms with E-state index in [0.29, 0.717) is 0 Å². The normalized spacial score (nSPS) is 10.5. The van der Waals surface area contributed by atoms with E-state index < -0.39 is 0 Å². The smallest absolute Gasteiger partial charge is 0.00519 e. The van der Waals surface area contributed by atoms with Crippen LogP contribution in [0.25, 0.3) is 0 Å². The molecular weight excluding hydrogens is 146 g/mol. The molecule has 0 heterocycles. The van der Waals surface area contributed by atoms with Crippen molar-refractivity contribution in [3.63, 3.8) is 0 Å². The summed E-state index contributed by atoms with van der Waals surface area (Å²) in [6.45, 7) is 5.02. The molecule has 1 N–H and O–H groups in total. The van der Waals surface area contributed by atoms with Crippen LogP contribution in [0.4, 0.5) is 0 Å². The molecule has 0 aliphatic carbocycles. The van der Waals surface area contributed by atoms with Crippen molar-refractivity contribution in [3.05, 3.63) is 6.92 Å². The molecule has 0 spiro atoms. The highest BCUT2D eigenvalue weighted by atomic mass is 14.8. The maximum Gasteiger partial charge on any atom is -0.00519 e. The van der Waals surface area contributed by atoms with Crippen LogP contribution in [-0.4, -0.2) is 13.6 Å². The van der Waals surface area contributed by atoms with E-state index in [4.69, 9.17) is 0 Å². The third-order valence-electron chi connectivity index (χ3n) is 2.18. The Hall–Kier alpha value is -0.0400. The zero-order chi connectivity index (χ0) is 9.07. The molecule has 0 atom stereocenters. The van der Waals surface area contributed by atoms with Crippen LogP contribution in [-0.2, 0) is 0 Å². The Morgan fingerprint density at radius 1 is 0.833 bits per heavy atom. The van der Waals surface area contributed by atoms with Crippen LogP contribution in [0, 0.1) is 6.92 Å². The minimum Gasteiger partial charge on any atom is -0.320 e. The second-order valence-corrected chi connectivity index (χ2v) is 3.43. The Labute approximate surface area is 77.9 Å². The van der Waals surface area contributed by atoms with Crippen LogP contribution in [0.2, 0.25) is 0 Å². The number of hydrogen-bond acceptors (Lipinski definition) is 1. The SMILES string of the molecule is [CH2]CCCCCCCCCNC. The number of unbranched alkanes of at least 4 members (excludes halogenated alkanes) is 7. The summed E-state index contributed by atoms with van der Waals surface area (Å²) in [4.78, 5) is 0. The van der Waals surface area contributed by atoms with Crippen molar-refractivity contribution >= 4 is 0 Å². The lowest BCUT2D eigenvalue weighted by molar-refractivity contribution is 0.572. The summed E-state index contributed by atoms with van der Waals surface area (Å²) in [5.41, 5.74) is 0. The Morgan fingerprint density at radius 2 is 1.33 bits per heavy atom. The molecule has 0 unspecified atom stereocenters. The molecule has 0 rings (SSSR count). The summed E-state index contributed by atoms with van der Waals surface area (Å²) in [6.07, 6.45) is 10.8. The lowest BCUT2D eigenvalue weighted by atomic mass is 10.1. The molecule has 0 aliphatic heterocycles. The fourth-order valence-corrected chi connectivity index (χ4v) is 1.36. The van der Waals surface area contributed by atoms with E-state index in [9.17, 15) is 0 Å². The van der Waals surface area contributed by atoms with Crippen LogP contribution in [0.5, 0.6) is 0 Å². The summed E-state index contributed by atoms with van der Waals surface area (Å²) in [7, 11) is 2.02. The van der Waals surface area contributed by atoms with Gasteiger partial charge in [-0.1, -0.05) is 51.9 Å². The third kappa shape index (κ3) is 9.96. The van der Waals surface area contributed by atoms with Gasteiger partial charge in [0.05, 0.1) is 0 Å². The van der Waals surface area contributed by atoms with Gasteiger partial charge in [-0.3, -0.25) is 0 Å². The molecule has 73 valence electrons. The topological polar surface area (TPSA) is 12.0 Å². The summed E-state index contributed by atoms with van der Waals surface area (Å²) in [6, 6.07) is 0. The fraction of sp³-hybridized carbons (Fsp3) is 0.909. The van der Waals surface area contributed by atoms with Crippen LogP contribution in [0.3, 0.4) is 0 Å². The van der Waals surface area contributed by atoms with E-state index in [1.54, 1.807) is 0 Å². The lowest BCUT2D eigenvalue weighted by Gasteiger charge is -2.00. The van der Waals surface area contributed by atoms with Gasteiger partial charge >= 0.3 is 0 Å². The van der Waals surface area contributed by atoms with Crippen LogP contribution >= 0.6 is 0 Å². The van der Waals surface area contributed by atoms with Crippen molar-refractivity contribution in [3.8, 4) is 0 Å². The maximum absolute atomic E-state index is 3.84.